The van der Waals surface area contributed by atoms with Crippen LogP contribution in [0.25, 0.3) is 77.2 Å². The Morgan fingerprint density at radius 1 is 0.229 bits per heavy atom. The van der Waals surface area contributed by atoms with Crippen LogP contribution in [0.4, 0.5) is 34.1 Å². The fourth-order valence-electron chi connectivity index (χ4n) is 17.9. The van der Waals surface area contributed by atoms with E-state index in [0.717, 1.165) is 71.8 Å². The zero-order valence-electron chi connectivity index (χ0n) is 74.6. The van der Waals surface area contributed by atoms with Crippen LogP contribution in [0, 0.1) is 0 Å². The second-order valence-corrected chi connectivity index (χ2v) is 35.4. The third-order valence-electron chi connectivity index (χ3n) is 22.3. The number of hydrogen-bond acceptors (Lipinski definition) is 2. The molecule has 0 bridgehead atoms. The molecule has 2 aromatic heterocycles. The van der Waals surface area contributed by atoms with E-state index < -0.39 is 120 Å². The Labute approximate surface area is 659 Å². The maximum absolute atomic E-state index is 9.81. The van der Waals surface area contributed by atoms with Crippen LogP contribution in [0.5, 0.6) is 0 Å². The molecule has 0 amide bonds. The van der Waals surface area contributed by atoms with Crippen LogP contribution in [0.2, 0.25) is 0 Å². The fraction of sp³-hybridized carbons (Fsp3) is 0. The minimum Gasteiger partial charge on any atom is -0.311 e. The summed E-state index contributed by atoms with van der Waals surface area (Å²) >= 11 is 0. The molecule has 4 heterocycles. The highest BCUT2D eigenvalue weighted by Crippen LogP contribution is 2.49. The second kappa shape index (κ2) is 26.2. The number of hydrogen-bond donors (Lipinski definition) is 0. The number of nitrogens with zero attached hydrogens (tertiary/aromatic N) is 4. The Morgan fingerprint density at radius 2 is 0.505 bits per heavy atom. The minimum absolute atomic E-state index is 0.0495. The molecule has 2 aliphatic rings. The van der Waals surface area contributed by atoms with Gasteiger partial charge in [-0.15, -0.1) is 0 Å². The smallest absolute Gasteiger partial charge is 0.252 e. The maximum atomic E-state index is 9.81. The SMILES string of the molecule is [2H]c1c([2H])c([2H])c2c(c1[2H])c1c([2H])c([2H])c([2H])c([2H])c1n2-c1ccc2c(c1)N(c1ccccc1-c1cccc([Si](c3ccccc3)(c3ccccc3)c3ccccc3)c1)c1cccc3c1B2c1ccc(-n2c4c([2H])c([2H])c([2H])c([2H])c4c4c([2H])c([2H])c([2H])c([2H])c42)cc1N3c1ccccc1-c1cccc([Si](c2ccccc2)(c2ccccc2)c2ccccc2)c1. The van der Waals surface area contributed by atoms with Crippen molar-refractivity contribution in [2.75, 3.05) is 9.80 Å². The molecule has 0 radical (unpaired) electrons. The summed E-state index contributed by atoms with van der Waals surface area (Å²) in [4.78, 5) is 4.49. The van der Waals surface area contributed by atoms with E-state index in [0.29, 0.717) is 22.7 Å². The molecule has 0 atom stereocenters. The Kier molecular flexibility index (Phi) is 11.8. The van der Waals surface area contributed by atoms with E-state index in [2.05, 4.69) is 277 Å². The number of rotatable bonds is 14. The average molecular weight is 1440 g/mol. The molecule has 0 unspecified atom stereocenters. The zero-order chi connectivity index (χ0) is 85.9. The lowest BCUT2D eigenvalue weighted by atomic mass is 9.33. The van der Waals surface area contributed by atoms with E-state index in [1.54, 1.807) is 9.13 Å². The van der Waals surface area contributed by atoms with Gasteiger partial charge in [-0.1, -0.05) is 358 Å². The van der Waals surface area contributed by atoms with Crippen molar-refractivity contribution in [1.82, 2.24) is 9.13 Å². The molecule has 0 N–H and O–H groups in total. The molecule has 0 fully saturated rings. The van der Waals surface area contributed by atoms with Gasteiger partial charge in [0, 0.05) is 66.8 Å². The molecule has 21 rings (SSSR count). The molecule has 4 nitrogen and oxygen atoms in total. The maximum Gasteiger partial charge on any atom is 0.252 e. The minimum atomic E-state index is -3.20. The summed E-state index contributed by atoms with van der Waals surface area (Å²) in [5, 5.41) is 9.07. The van der Waals surface area contributed by atoms with Crippen LogP contribution in [0.1, 0.15) is 21.9 Å². The Balaban J connectivity index is 0.872. The first kappa shape index (κ1) is 49.3. The molecule has 7 heteroatoms. The van der Waals surface area contributed by atoms with E-state index in [4.69, 9.17) is 5.48 Å². The van der Waals surface area contributed by atoms with Crippen LogP contribution in [0.3, 0.4) is 0 Å². The van der Waals surface area contributed by atoms with Crippen molar-refractivity contribution in [3.05, 3.63) is 430 Å². The van der Waals surface area contributed by atoms with Crippen LogP contribution in [-0.2, 0) is 0 Å². The van der Waals surface area contributed by atoms with E-state index in [1.807, 2.05) is 66.7 Å². The number of benzene rings is 17. The summed E-state index contributed by atoms with van der Waals surface area (Å²) in [5.74, 6) is 0. The first-order chi connectivity index (χ1) is 60.8. The lowest BCUT2D eigenvalue weighted by Gasteiger charge is -2.45. The van der Waals surface area contributed by atoms with Gasteiger partial charge in [0.05, 0.1) is 55.4 Å². The summed E-state index contributed by atoms with van der Waals surface area (Å²) in [6.45, 7) is -0.725. The normalized spacial score (nSPS) is 14.6. The Hall–Kier alpha value is -13.6. The van der Waals surface area contributed by atoms with Gasteiger partial charge in [0.25, 0.3) is 6.71 Å². The van der Waals surface area contributed by atoms with Crippen LogP contribution < -0.4 is 67.7 Å². The lowest BCUT2D eigenvalue weighted by molar-refractivity contribution is 1.17. The van der Waals surface area contributed by atoms with Gasteiger partial charge in [-0.05, 0) is 142 Å². The zero-order valence-corrected chi connectivity index (χ0v) is 60.6. The van der Waals surface area contributed by atoms with E-state index in [9.17, 15) is 16.4 Å². The number of para-hydroxylation sites is 6. The highest BCUT2D eigenvalue weighted by atomic mass is 28.3. The molecular formula is C102H71BN4Si2. The van der Waals surface area contributed by atoms with Crippen molar-refractivity contribution < 1.29 is 21.9 Å². The van der Waals surface area contributed by atoms with Crippen molar-refractivity contribution in [2.45, 2.75) is 0 Å². The van der Waals surface area contributed by atoms with E-state index in [-0.39, 0.29) is 43.6 Å². The summed E-state index contributed by atoms with van der Waals surface area (Å²) < 4.78 is 154. The van der Waals surface area contributed by atoms with Crippen LogP contribution >= 0.6 is 0 Å². The summed E-state index contributed by atoms with van der Waals surface area (Å²) in [6.07, 6.45) is 0. The molecule has 0 aliphatic carbocycles. The standard InChI is InChI=1S/C102H71BN4Si2/c1-7-36-76(37-8-1)108(77-38-9-2-10-39-77,78-40-11-3-12-41-78)82-48-31-34-72(68-82)84-50-19-25-56-92(84)106-98-62-33-63-99-102(98)103(90-66-64-74(70-100(90)106)104-94-58-27-21-52-86(94)87-53-22-28-59-95(87)104)91-67-65-75(105-96-60-29-23-54-88(96)89-55-24-30-61-97(89)105)71-101(91)107(99)93-57-26-20-51-85(93)73-35-32-49-83(69-73)109(79-42-13-4-14-43-79,80-44-15-5-16-45-80)81-46-17-6-18-47-81/h1-71H/i21D,22D,23D,24D,27D,28D,29D,30D,52D,53D,54D,55D,58D,59D,60D,61D. The van der Waals surface area contributed by atoms with Crippen molar-refractivity contribution in [2.24, 2.45) is 0 Å². The van der Waals surface area contributed by atoms with Gasteiger partial charge >= 0.3 is 0 Å². The van der Waals surface area contributed by atoms with Gasteiger partial charge in [-0.3, -0.25) is 0 Å². The molecular weight excluding hydrogens is 1350 g/mol. The first-order valence-electron chi connectivity index (χ1n) is 44.5. The Morgan fingerprint density at radius 3 is 0.835 bits per heavy atom. The second-order valence-electron chi connectivity index (χ2n) is 27.8. The van der Waals surface area contributed by atoms with Gasteiger partial charge in [0.1, 0.15) is 0 Å². The molecule has 0 saturated heterocycles. The number of aromatic nitrogens is 2. The molecule has 0 saturated carbocycles. The largest absolute Gasteiger partial charge is 0.311 e. The van der Waals surface area contributed by atoms with Crippen molar-refractivity contribution in [3.8, 4) is 33.6 Å². The van der Waals surface area contributed by atoms with Crippen molar-refractivity contribution in [3.63, 3.8) is 0 Å². The molecule has 510 valence electrons. The first-order valence-corrected chi connectivity index (χ1v) is 40.5. The third kappa shape index (κ3) is 9.97. The van der Waals surface area contributed by atoms with E-state index >= 15 is 0 Å². The molecule has 19 aromatic rings. The number of anilines is 6. The summed E-state index contributed by atoms with van der Waals surface area (Å²) in [7, 11) is -6.39. The number of fused-ring (bicyclic) bond motifs is 10. The summed E-state index contributed by atoms with van der Waals surface area (Å²) in [6, 6.07) is 108. The van der Waals surface area contributed by atoms with Crippen LogP contribution in [0.15, 0.2) is 430 Å². The van der Waals surface area contributed by atoms with Gasteiger partial charge in [-0.25, -0.2) is 0 Å². The Bertz CT molecular complexity index is 6920. The fourth-order valence-corrected chi connectivity index (χ4v) is 27.4. The predicted molar refractivity (Wildman–Crippen MR) is 467 cm³/mol. The van der Waals surface area contributed by atoms with Crippen molar-refractivity contribution >= 4 is 158 Å². The van der Waals surface area contributed by atoms with E-state index in [1.165, 1.54) is 31.1 Å². The third-order valence-corrected chi connectivity index (χ3v) is 31.8. The predicted octanol–water partition coefficient (Wildman–Crippen LogP) is 18.1. The highest BCUT2D eigenvalue weighted by molar-refractivity contribution is 7.20. The van der Waals surface area contributed by atoms with Gasteiger partial charge in [0.15, 0.2) is 16.1 Å². The molecule has 17 aromatic carbocycles. The molecule has 109 heavy (non-hydrogen) atoms. The quantitative estimate of drug-likeness (QED) is 0.0797. The lowest BCUT2D eigenvalue weighted by Crippen LogP contribution is -2.74. The molecule has 0 spiro atoms. The monoisotopic (exact) mass is 1430 g/mol. The summed E-state index contributed by atoms with van der Waals surface area (Å²) in [5.41, 5.74) is 10.4. The molecule has 2 aliphatic heterocycles. The van der Waals surface area contributed by atoms with Gasteiger partial charge in [0.2, 0.25) is 0 Å². The average Bonchev–Trinajstić information content (AvgIpc) is 1.03. The highest BCUT2D eigenvalue weighted by Gasteiger charge is 2.47. The van der Waals surface area contributed by atoms with Gasteiger partial charge < -0.3 is 18.9 Å². The van der Waals surface area contributed by atoms with Crippen LogP contribution in [-0.4, -0.2) is 32.0 Å². The van der Waals surface area contributed by atoms with Crippen molar-refractivity contribution in [1.29, 1.82) is 0 Å². The topological polar surface area (TPSA) is 16.3 Å². The van der Waals surface area contributed by atoms with Gasteiger partial charge in [-0.2, -0.15) is 0 Å².